The summed E-state index contributed by atoms with van der Waals surface area (Å²) in [4.78, 5) is 35.2. The molecule has 0 aliphatic heterocycles. The Hall–Kier alpha value is -3.07. The quantitative estimate of drug-likeness (QED) is 0.0834. The lowest BCUT2D eigenvalue weighted by Gasteiger charge is -2.31. The predicted molar refractivity (Wildman–Crippen MR) is 117 cm³/mol. The van der Waals surface area contributed by atoms with E-state index in [1.165, 1.54) is 6.08 Å². The van der Waals surface area contributed by atoms with Crippen LogP contribution in [-0.4, -0.2) is 57.5 Å². The average molecular weight is 439 g/mol. The van der Waals surface area contributed by atoms with Crippen molar-refractivity contribution < 1.29 is 33.3 Å². The van der Waals surface area contributed by atoms with E-state index in [1.807, 2.05) is 0 Å². The Labute approximate surface area is 183 Å². The van der Waals surface area contributed by atoms with E-state index >= 15 is 0 Å². The van der Waals surface area contributed by atoms with Crippen molar-refractivity contribution in [3.8, 4) is 0 Å². The van der Waals surface area contributed by atoms with Crippen LogP contribution in [-0.2, 0) is 28.5 Å². The number of unbranched alkanes of at least 4 members (excludes halogenated alkanes) is 3. The van der Waals surface area contributed by atoms with Crippen molar-refractivity contribution in [2.24, 2.45) is 11.1 Å². The largest absolute Gasteiger partial charge is 0.493 e. The summed E-state index contributed by atoms with van der Waals surface area (Å²) in [5, 5.41) is 2.65. The van der Waals surface area contributed by atoms with Crippen molar-refractivity contribution in [2.75, 3.05) is 39.5 Å². The fourth-order valence-electron chi connectivity index (χ4n) is 2.20. The Balaban J connectivity index is 5.07. The zero-order valence-corrected chi connectivity index (χ0v) is 18.1. The van der Waals surface area contributed by atoms with Gasteiger partial charge in [0.15, 0.2) is 0 Å². The van der Waals surface area contributed by atoms with Crippen LogP contribution in [0.1, 0.15) is 25.7 Å². The molecular weight excluding hydrogens is 404 g/mol. The summed E-state index contributed by atoms with van der Waals surface area (Å²) < 4.78 is 21.0. The lowest BCUT2D eigenvalue weighted by atomic mass is 9.92. The molecule has 174 valence electrons. The number of esters is 2. The monoisotopic (exact) mass is 438 g/mol. The molecule has 9 nitrogen and oxygen atoms in total. The number of ether oxygens (including phenoxy) is 4. The maximum atomic E-state index is 12.1. The lowest BCUT2D eigenvalue weighted by Crippen LogP contribution is -2.44. The van der Waals surface area contributed by atoms with Crippen LogP contribution in [0.5, 0.6) is 0 Å². The van der Waals surface area contributed by atoms with Crippen molar-refractivity contribution in [1.29, 1.82) is 0 Å². The van der Waals surface area contributed by atoms with Crippen LogP contribution < -0.4 is 11.1 Å². The molecule has 0 atom stereocenters. The fourth-order valence-corrected chi connectivity index (χ4v) is 2.20. The average Bonchev–Trinajstić information content (AvgIpc) is 2.79. The molecule has 31 heavy (non-hydrogen) atoms. The van der Waals surface area contributed by atoms with Gasteiger partial charge in [0.25, 0.3) is 0 Å². The smallest absolute Gasteiger partial charge is 0.407 e. The van der Waals surface area contributed by atoms with E-state index < -0.39 is 23.4 Å². The number of carbonyl (C=O) groups excluding carboxylic acids is 3. The molecule has 0 saturated carbocycles. The maximum Gasteiger partial charge on any atom is 0.407 e. The number of allylic oxidation sites excluding steroid dienone is 1. The van der Waals surface area contributed by atoms with E-state index in [4.69, 9.17) is 24.7 Å². The molecule has 0 aliphatic carbocycles. The lowest BCUT2D eigenvalue weighted by molar-refractivity contribution is -0.153. The number of carbonyl (C=O) groups is 3. The van der Waals surface area contributed by atoms with Crippen molar-refractivity contribution in [3.05, 3.63) is 50.3 Å². The molecule has 0 radical (unpaired) electrons. The minimum Gasteiger partial charge on any atom is -0.493 e. The Kier molecular flexibility index (Phi) is 15.0. The van der Waals surface area contributed by atoms with Gasteiger partial charge in [-0.1, -0.05) is 39.2 Å². The second kappa shape index (κ2) is 16.7. The summed E-state index contributed by atoms with van der Waals surface area (Å²) in [6, 6.07) is 0. The third-order valence-electron chi connectivity index (χ3n) is 4.08. The van der Waals surface area contributed by atoms with E-state index in [2.05, 4.69) is 31.6 Å². The van der Waals surface area contributed by atoms with E-state index in [9.17, 15) is 14.4 Å². The predicted octanol–water partition coefficient (Wildman–Crippen LogP) is 2.39. The van der Waals surface area contributed by atoms with Gasteiger partial charge >= 0.3 is 18.0 Å². The van der Waals surface area contributed by atoms with Crippen LogP contribution in [0, 0.1) is 5.41 Å². The van der Waals surface area contributed by atoms with Crippen LogP contribution in [0.15, 0.2) is 50.3 Å². The van der Waals surface area contributed by atoms with E-state index in [-0.39, 0.29) is 32.2 Å². The maximum absolute atomic E-state index is 12.1. The minimum atomic E-state index is -1.19. The van der Waals surface area contributed by atoms with Crippen molar-refractivity contribution >= 4 is 18.0 Å². The summed E-state index contributed by atoms with van der Waals surface area (Å²) in [7, 11) is 0. The van der Waals surface area contributed by atoms with Gasteiger partial charge in [0.1, 0.15) is 37.6 Å². The number of amides is 1. The Morgan fingerprint density at radius 3 is 1.81 bits per heavy atom. The van der Waals surface area contributed by atoms with Crippen molar-refractivity contribution in [3.63, 3.8) is 0 Å². The highest BCUT2D eigenvalue weighted by atomic mass is 16.6. The van der Waals surface area contributed by atoms with Gasteiger partial charge in [0, 0.05) is 18.7 Å². The van der Waals surface area contributed by atoms with Crippen LogP contribution in [0.4, 0.5) is 4.79 Å². The van der Waals surface area contributed by atoms with Gasteiger partial charge in [-0.25, -0.2) is 14.4 Å². The van der Waals surface area contributed by atoms with Gasteiger partial charge in [0.05, 0.1) is 0 Å². The molecule has 0 aromatic carbocycles. The molecule has 0 saturated heterocycles. The number of alkyl carbamates (subject to hydrolysis) is 1. The number of rotatable bonds is 18. The molecule has 0 heterocycles. The molecule has 0 unspecified atom stereocenters. The fraction of sp³-hybridized carbons (Fsp3) is 0.500. The third kappa shape index (κ3) is 13.7. The van der Waals surface area contributed by atoms with Crippen molar-refractivity contribution in [2.45, 2.75) is 25.7 Å². The summed E-state index contributed by atoms with van der Waals surface area (Å²) in [5.41, 5.74) is 4.25. The highest BCUT2D eigenvalue weighted by molar-refractivity contribution is 5.81. The number of hydrogen-bond acceptors (Lipinski definition) is 8. The topological polar surface area (TPSA) is 126 Å². The Morgan fingerprint density at radius 1 is 0.774 bits per heavy atom. The molecule has 3 N–H and O–H groups in total. The second-order valence-electron chi connectivity index (χ2n) is 6.79. The van der Waals surface area contributed by atoms with E-state index in [0.29, 0.717) is 13.1 Å². The molecule has 0 aromatic heterocycles. The third-order valence-corrected chi connectivity index (χ3v) is 4.08. The summed E-state index contributed by atoms with van der Waals surface area (Å²) in [6.07, 6.45) is 6.36. The van der Waals surface area contributed by atoms with Crippen LogP contribution in [0.2, 0.25) is 0 Å². The highest BCUT2D eigenvalue weighted by Gasteiger charge is 2.37. The zero-order chi connectivity index (χ0) is 23.5. The van der Waals surface area contributed by atoms with Gasteiger partial charge in [0.2, 0.25) is 0 Å². The first kappa shape index (κ1) is 27.9. The van der Waals surface area contributed by atoms with Gasteiger partial charge in [-0.3, -0.25) is 0 Å². The van der Waals surface area contributed by atoms with Gasteiger partial charge < -0.3 is 30.0 Å². The number of nitrogens with two attached hydrogens (primary N) is 1. The number of hydrogen-bond donors (Lipinski definition) is 2. The SMILES string of the molecule is C=CC(=C)OCC(COC(=O)C=C)(COC(=O)C=C)COC(=O)NCCCCCCN. The molecule has 0 aromatic rings. The van der Waals surface area contributed by atoms with Gasteiger partial charge in [-0.2, -0.15) is 0 Å². The zero-order valence-electron chi connectivity index (χ0n) is 18.1. The second-order valence-corrected chi connectivity index (χ2v) is 6.79. The highest BCUT2D eigenvalue weighted by Crippen LogP contribution is 2.22. The first-order valence-electron chi connectivity index (χ1n) is 9.95. The molecule has 0 rings (SSSR count). The molecule has 0 fully saturated rings. The molecule has 9 heteroatoms. The molecular formula is C22H34N2O7. The summed E-state index contributed by atoms with van der Waals surface area (Å²) >= 11 is 0. The first-order valence-corrected chi connectivity index (χ1v) is 9.95. The Bertz CT molecular complexity index is 572. The summed E-state index contributed by atoms with van der Waals surface area (Å²) in [6.45, 7) is 14.0. The van der Waals surface area contributed by atoms with E-state index in [1.54, 1.807) is 0 Å². The van der Waals surface area contributed by atoms with Gasteiger partial charge in [-0.15, -0.1) is 0 Å². The first-order chi connectivity index (χ1) is 14.8. The van der Waals surface area contributed by atoms with E-state index in [0.717, 1.165) is 37.8 Å². The van der Waals surface area contributed by atoms with Gasteiger partial charge in [-0.05, 0) is 25.5 Å². The normalized spacial score (nSPS) is 10.4. The molecule has 0 spiro atoms. The molecule has 1 amide bonds. The molecule has 0 bridgehead atoms. The van der Waals surface area contributed by atoms with Crippen LogP contribution >= 0.6 is 0 Å². The van der Waals surface area contributed by atoms with Crippen LogP contribution in [0.25, 0.3) is 0 Å². The van der Waals surface area contributed by atoms with Crippen LogP contribution in [0.3, 0.4) is 0 Å². The standard InChI is InChI=1S/C22H34N2O7/c1-5-18(4)28-14-22(15-29-19(25)6-2,16-30-20(26)7-3)17-31-21(27)24-13-11-9-8-10-12-23/h5-7H,1-4,8-17,23H2,(H,24,27). The minimum absolute atomic E-state index is 0.126. The Morgan fingerprint density at radius 2 is 1.29 bits per heavy atom. The molecule has 0 aliphatic rings. The summed E-state index contributed by atoms with van der Waals surface area (Å²) in [5.74, 6) is -1.13. The number of nitrogens with one attached hydrogen (secondary N) is 1. The van der Waals surface area contributed by atoms with Crippen molar-refractivity contribution in [1.82, 2.24) is 5.32 Å².